The molecule has 3 rings (SSSR count). The largest absolute Gasteiger partial charge is 0.390 e. The molecule has 22 heavy (non-hydrogen) atoms. The number of aliphatic hydroxyl groups is 1. The van der Waals surface area contributed by atoms with E-state index in [1.807, 2.05) is 13.8 Å². The lowest BCUT2D eigenvalue weighted by atomic mass is 9.72. The third kappa shape index (κ3) is 2.93. The molecule has 1 N–H and O–H groups in total. The minimum absolute atomic E-state index is 0.405. The van der Waals surface area contributed by atoms with Crippen LogP contribution in [-0.2, 0) is 13.1 Å². The number of hydrogen-bond acceptors (Lipinski definition) is 4. The van der Waals surface area contributed by atoms with Gasteiger partial charge in [-0.2, -0.15) is 0 Å². The molecule has 0 aromatic carbocycles. The molecule has 5 nitrogen and oxygen atoms in total. The smallest absolute Gasteiger partial charge is 0.147 e. The normalized spacial score (nSPS) is 33.5. The van der Waals surface area contributed by atoms with E-state index in [0.717, 1.165) is 44.1 Å². The first-order valence-electron chi connectivity index (χ1n) is 8.88. The first-order chi connectivity index (χ1) is 10.5. The van der Waals surface area contributed by atoms with Gasteiger partial charge in [0.05, 0.1) is 12.1 Å². The van der Waals surface area contributed by atoms with Crippen molar-refractivity contribution >= 4 is 0 Å². The topological polar surface area (TPSA) is 54.2 Å². The van der Waals surface area contributed by atoms with Gasteiger partial charge in [0.15, 0.2) is 0 Å². The second kappa shape index (κ2) is 6.28. The number of aryl methyl sites for hydroxylation is 1. The molecule has 1 aliphatic carbocycles. The van der Waals surface area contributed by atoms with Gasteiger partial charge in [-0.05, 0) is 53.0 Å². The molecule has 0 unspecified atom stereocenters. The van der Waals surface area contributed by atoms with Crippen LogP contribution in [-0.4, -0.2) is 43.0 Å². The maximum absolute atomic E-state index is 10.8. The Bertz CT molecular complexity index is 511. The third-order valence-electron chi connectivity index (χ3n) is 5.80. The van der Waals surface area contributed by atoms with Crippen molar-refractivity contribution in [2.24, 2.45) is 5.92 Å². The molecule has 3 atom stereocenters. The number of nitrogens with zero attached hydrogens (tertiary/aromatic N) is 4. The van der Waals surface area contributed by atoms with E-state index >= 15 is 0 Å². The van der Waals surface area contributed by atoms with Crippen molar-refractivity contribution in [1.82, 2.24) is 19.7 Å². The van der Waals surface area contributed by atoms with Crippen molar-refractivity contribution in [3.05, 3.63) is 11.6 Å². The standard InChI is InChI=1S/C17H30N4O/c1-4-21-13(2)18-19-16(21)12-20-11-7-9-15(20)14-8-5-6-10-17(14,3)22/h14-15,22H,4-12H2,1-3H3/t14-,15+,17+/m0/s1. The number of hydrogen-bond donors (Lipinski definition) is 1. The van der Waals surface area contributed by atoms with E-state index < -0.39 is 5.60 Å². The van der Waals surface area contributed by atoms with Gasteiger partial charge < -0.3 is 9.67 Å². The molecule has 1 aromatic heterocycles. The maximum Gasteiger partial charge on any atom is 0.147 e. The summed E-state index contributed by atoms with van der Waals surface area (Å²) in [6.07, 6.45) is 6.98. The van der Waals surface area contributed by atoms with Crippen LogP contribution >= 0.6 is 0 Å². The quantitative estimate of drug-likeness (QED) is 0.928. The van der Waals surface area contributed by atoms with Crippen molar-refractivity contribution in [3.8, 4) is 0 Å². The summed E-state index contributed by atoms with van der Waals surface area (Å²) in [6, 6.07) is 0.498. The van der Waals surface area contributed by atoms with Crippen LogP contribution in [0, 0.1) is 12.8 Å². The Morgan fingerprint density at radius 3 is 2.77 bits per heavy atom. The molecule has 0 radical (unpaired) electrons. The molecular formula is C17H30N4O. The van der Waals surface area contributed by atoms with E-state index in [4.69, 9.17) is 0 Å². The highest BCUT2D eigenvalue weighted by molar-refractivity contribution is 5.00. The van der Waals surface area contributed by atoms with E-state index in [1.165, 1.54) is 25.7 Å². The van der Waals surface area contributed by atoms with Crippen molar-refractivity contribution in [3.63, 3.8) is 0 Å². The molecule has 0 spiro atoms. The molecule has 1 saturated carbocycles. The number of likely N-dealkylation sites (tertiary alicyclic amines) is 1. The summed E-state index contributed by atoms with van der Waals surface area (Å²) in [6.45, 7) is 9.12. The highest BCUT2D eigenvalue weighted by Gasteiger charge is 2.43. The summed E-state index contributed by atoms with van der Waals surface area (Å²) in [5.41, 5.74) is -0.500. The van der Waals surface area contributed by atoms with Crippen LogP contribution in [0.4, 0.5) is 0 Å². The number of rotatable bonds is 4. The fourth-order valence-electron chi connectivity index (χ4n) is 4.59. The molecule has 2 heterocycles. The van der Waals surface area contributed by atoms with Gasteiger partial charge in [-0.15, -0.1) is 10.2 Å². The zero-order valence-corrected chi connectivity index (χ0v) is 14.3. The molecule has 1 aromatic rings. The SMILES string of the molecule is CCn1c(C)nnc1CN1CCC[C@@H]1[C@@H]1CCCC[C@@]1(C)O. The zero-order valence-electron chi connectivity index (χ0n) is 14.3. The highest BCUT2D eigenvalue weighted by atomic mass is 16.3. The predicted molar refractivity (Wildman–Crippen MR) is 86.4 cm³/mol. The van der Waals surface area contributed by atoms with Crippen LogP contribution < -0.4 is 0 Å². The van der Waals surface area contributed by atoms with E-state index in [2.05, 4.69) is 26.6 Å². The molecule has 1 saturated heterocycles. The Balaban J connectivity index is 1.75. The maximum atomic E-state index is 10.8. The van der Waals surface area contributed by atoms with Gasteiger partial charge in [-0.1, -0.05) is 12.8 Å². The lowest BCUT2D eigenvalue weighted by Gasteiger charge is -2.43. The Kier molecular flexibility index (Phi) is 4.55. The Labute approximate surface area is 133 Å². The summed E-state index contributed by atoms with van der Waals surface area (Å²) in [4.78, 5) is 2.54. The van der Waals surface area contributed by atoms with Gasteiger partial charge in [0.2, 0.25) is 0 Å². The fraction of sp³-hybridized carbons (Fsp3) is 0.882. The van der Waals surface area contributed by atoms with Crippen LogP contribution in [0.1, 0.15) is 64.0 Å². The van der Waals surface area contributed by atoms with Gasteiger partial charge in [-0.25, -0.2) is 0 Å². The Morgan fingerprint density at radius 2 is 2.05 bits per heavy atom. The van der Waals surface area contributed by atoms with E-state index in [0.29, 0.717) is 12.0 Å². The lowest BCUT2D eigenvalue weighted by molar-refractivity contribution is -0.0632. The van der Waals surface area contributed by atoms with Crippen LogP contribution in [0.5, 0.6) is 0 Å². The second-order valence-electron chi connectivity index (χ2n) is 7.30. The second-order valence-corrected chi connectivity index (χ2v) is 7.30. The minimum Gasteiger partial charge on any atom is -0.390 e. The van der Waals surface area contributed by atoms with Crippen molar-refractivity contribution in [2.75, 3.05) is 6.54 Å². The van der Waals surface area contributed by atoms with Gasteiger partial charge in [-0.3, -0.25) is 4.90 Å². The first kappa shape index (κ1) is 15.9. The van der Waals surface area contributed by atoms with E-state index in [9.17, 15) is 5.11 Å². The first-order valence-corrected chi connectivity index (χ1v) is 8.88. The number of aromatic nitrogens is 3. The minimum atomic E-state index is -0.500. The van der Waals surface area contributed by atoms with Gasteiger partial charge >= 0.3 is 0 Å². The third-order valence-corrected chi connectivity index (χ3v) is 5.80. The molecule has 1 aliphatic heterocycles. The monoisotopic (exact) mass is 306 g/mol. The average Bonchev–Trinajstić information content (AvgIpc) is 3.06. The molecular weight excluding hydrogens is 276 g/mol. The summed E-state index contributed by atoms with van der Waals surface area (Å²) in [5, 5.41) is 19.4. The molecule has 2 aliphatic rings. The fourth-order valence-corrected chi connectivity index (χ4v) is 4.59. The summed E-state index contributed by atoms with van der Waals surface area (Å²) in [5.74, 6) is 2.48. The average molecular weight is 306 g/mol. The van der Waals surface area contributed by atoms with Crippen molar-refractivity contribution < 1.29 is 5.11 Å². The Morgan fingerprint density at radius 1 is 1.23 bits per heavy atom. The van der Waals surface area contributed by atoms with Crippen LogP contribution in [0.15, 0.2) is 0 Å². The van der Waals surface area contributed by atoms with Gasteiger partial charge in [0.25, 0.3) is 0 Å². The molecule has 5 heteroatoms. The highest BCUT2D eigenvalue weighted by Crippen LogP contribution is 2.40. The summed E-state index contributed by atoms with van der Waals surface area (Å²) in [7, 11) is 0. The summed E-state index contributed by atoms with van der Waals surface area (Å²) >= 11 is 0. The van der Waals surface area contributed by atoms with Crippen LogP contribution in [0.2, 0.25) is 0 Å². The lowest BCUT2D eigenvalue weighted by Crippen LogP contribution is -2.48. The molecule has 2 fully saturated rings. The van der Waals surface area contributed by atoms with Gasteiger partial charge in [0.1, 0.15) is 11.6 Å². The van der Waals surface area contributed by atoms with Gasteiger partial charge in [0, 0.05) is 18.5 Å². The van der Waals surface area contributed by atoms with Crippen LogP contribution in [0.25, 0.3) is 0 Å². The molecule has 0 bridgehead atoms. The van der Waals surface area contributed by atoms with Crippen molar-refractivity contribution in [2.45, 2.75) is 84.0 Å². The zero-order chi connectivity index (χ0) is 15.7. The Hall–Kier alpha value is -0.940. The predicted octanol–water partition coefficient (Wildman–Crippen LogP) is 2.51. The molecule has 0 amide bonds. The van der Waals surface area contributed by atoms with Crippen LogP contribution in [0.3, 0.4) is 0 Å². The van der Waals surface area contributed by atoms with E-state index in [1.54, 1.807) is 0 Å². The van der Waals surface area contributed by atoms with Crippen molar-refractivity contribution in [1.29, 1.82) is 0 Å². The molecule has 124 valence electrons. The van der Waals surface area contributed by atoms with E-state index in [-0.39, 0.29) is 0 Å². The summed E-state index contributed by atoms with van der Waals surface area (Å²) < 4.78 is 2.20.